The van der Waals surface area contributed by atoms with Crippen molar-refractivity contribution in [1.29, 1.82) is 0 Å². The van der Waals surface area contributed by atoms with Gasteiger partial charge in [-0.15, -0.1) is 22.7 Å². The van der Waals surface area contributed by atoms with Gasteiger partial charge in [0.1, 0.15) is 0 Å². The van der Waals surface area contributed by atoms with E-state index in [2.05, 4.69) is 4.98 Å². The molecule has 0 amide bonds. The average molecular weight is 332 g/mol. The van der Waals surface area contributed by atoms with Gasteiger partial charge in [-0.2, -0.15) is 0 Å². The third kappa shape index (κ3) is 3.20. The number of aromatic nitrogens is 1. The van der Waals surface area contributed by atoms with Crippen LogP contribution in [0.25, 0.3) is 10.2 Å². The molecule has 0 radical (unpaired) electrons. The molecule has 7 heteroatoms. The summed E-state index contributed by atoms with van der Waals surface area (Å²) in [6.07, 6.45) is 0.112. The zero-order chi connectivity index (χ0) is 15.5. The van der Waals surface area contributed by atoms with E-state index < -0.39 is 5.92 Å². The van der Waals surface area contributed by atoms with Crippen LogP contribution in [0.1, 0.15) is 27.0 Å². The van der Waals surface area contributed by atoms with Gasteiger partial charge in [0.2, 0.25) is 6.54 Å². The Kier molecular flexibility index (Phi) is 4.26. The van der Waals surface area contributed by atoms with Gasteiger partial charge in [-0.1, -0.05) is 18.2 Å². The number of ketones is 1. The lowest BCUT2D eigenvalue weighted by Gasteiger charge is -2.08. The number of Topliss-reactive ketones (excluding diaryl/α,β-unsaturated/α-hetero) is 1. The number of carbonyl (C=O) groups is 1. The van der Waals surface area contributed by atoms with Crippen molar-refractivity contribution >= 4 is 38.7 Å². The van der Waals surface area contributed by atoms with Crippen molar-refractivity contribution in [1.82, 2.24) is 4.98 Å². The molecule has 112 valence electrons. The standard InChI is InChI=1S/C15H12N2O3S2/c18-12(15-16-11-4-1-2-5-14(11)22-15)8-10(9-17(19)20)13-6-3-7-21-13/h1-7,10H,8-9H2/t10-/m0/s1. The van der Waals surface area contributed by atoms with Crippen molar-refractivity contribution in [2.24, 2.45) is 0 Å². The van der Waals surface area contributed by atoms with Crippen LogP contribution in [0.5, 0.6) is 0 Å². The van der Waals surface area contributed by atoms with Gasteiger partial charge >= 0.3 is 0 Å². The number of para-hydroxylation sites is 1. The zero-order valence-electron chi connectivity index (χ0n) is 11.5. The first kappa shape index (κ1) is 14.8. The number of thiazole rings is 1. The molecule has 0 bridgehead atoms. The molecule has 0 N–H and O–H groups in total. The molecular formula is C15H12N2O3S2. The molecule has 22 heavy (non-hydrogen) atoms. The maximum absolute atomic E-state index is 12.4. The predicted octanol–water partition coefficient (Wildman–Crippen LogP) is 3.99. The molecule has 0 aliphatic rings. The number of thiophene rings is 1. The van der Waals surface area contributed by atoms with Crippen molar-refractivity contribution in [2.75, 3.05) is 6.54 Å². The number of rotatable bonds is 6. The van der Waals surface area contributed by atoms with Gasteiger partial charge < -0.3 is 0 Å². The summed E-state index contributed by atoms with van der Waals surface area (Å²) < 4.78 is 0.952. The molecule has 0 unspecified atom stereocenters. The van der Waals surface area contributed by atoms with Crippen LogP contribution < -0.4 is 0 Å². The molecule has 0 fully saturated rings. The Labute approximate surface area is 134 Å². The third-order valence-corrected chi connectivity index (χ3v) is 5.39. The quantitative estimate of drug-likeness (QED) is 0.389. The van der Waals surface area contributed by atoms with Crippen molar-refractivity contribution < 1.29 is 9.72 Å². The molecule has 2 aromatic heterocycles. The van der Waals surface area contributed by atoms with Crippen LogP contribution in [0.15, 0.2) is 41.8 Å². The predicted molar refractivity (Wildman–Crippen MR) is 87.5 cm³/mol. The summed E-state index contributed by atoms with van der Waals surface area (Å²) >= 11 is 2.78. The van der Waals surface area contributed by atoms with Crippen LogP contribution in [0.4, 0.5) is 0 Å². The van der Waals surface area contributed by atoms with Gasteiger partial charge in [0.15, 0.2) is 10.8 Å². The Bertz CT molecular complexity index is 778. The monoisotopic (exact) mass is 332 g/mol. The second-order valence-corrected chi connectivity index (χ2v) is 6.85. The highest BCUT2D eigenvalue weighted by atomic mass is 32.1. The van der Waals surface area contributed by atoms with Crippen LogP contribution in [0.3, 0.4) is 0 Å². The molecule has 0 saturated heterocycles. The van der Waals surface area contributed by atoms with Crippen LogP contribution in [-0.2, 0) is 0 Å². The van der Waals surface area contributed by atoms with Crippen molar-refractivity contribution in [3.63, 3.8) is 0 Å². The number of fused-ring (bicyclic) bond motifs is 1. The van der Waals surface area contributed by atoms with Gasteiger partial charge in [-0.05, 0) is 23.6 Å². The van der Waals surface area contributed by atoms with E-state index in [0.29, 0.717) is 5.01 Å². The molecule has 1 aromatic carbocycles. The Hall–Kier alpha value is -2.12. The summed E-state index contributed by atoms with van der Waals surface area (Å²) in [5.74, 6) is -0.532. The number of hydrogen-bond donors (Lipinski definition) is 0. The summed E-state index contributed by atoms with van der Waals surface area (Å²) in [4.78, 5) is 28.1. The highest BCUT2D eigenvalue weighted by Gasteiger charge is 2.24. The van der Waals surface area contributed by atoms with E-state index in [-0.39, 0.29) is 23.7 Å². The summed E-state index contributed by atoms with van der Waals surface area (Å²) in [6, 6.07) is 11.2. The molecule has 0 saturated carbocycles. The first-order chi connectivity index (χ1) is 10.6. The second-order valence-electron chi connectivity index (χ2n) is 4.84. The molecular weight excluding hydrogens is 320 g/mol. The SMILES string of the molecule is O=C(C[C@@H](C[N+](=O)[O-])c1cccs1)c1nc2ccccc2s1. The van der Waals surface area contributed by atoms with E-state index in [1.807, 2.05) is 41.8 Å². The van der Waals surface area contributed by atoms with E-state index in [4.69, 9.17) is 0 Å². The minimum Gasteiger partial charge on any atom is -0.291 e. The fourth-order valence-corrected chi connectivity index (χ4v) is 4.00. The molecule has 3 rings (SSSR count). The molecule has 2 heterocycles. The molecule has 0 spiro atoms. The molecule has 0 aliphatic carbocycles. The largest absolute Gasteiger partial charge is 0.291 e. The molecule has 5 nitrogen and oxygen atoms in total. The van der Waals surface area contributed by atoms with E-state index in [0.717, 1.165) is 15.1 Å². The number of nitrogens with zero attached hydrogens (tertiary/aromatic N) is 2. The Morgan fingerprint density at radius 3 is 2.77 bits per heavy atom. The molecule has 0 aliphatic heterocycles. The number of hydrogen-bond acceptors (Lipinski definition) is 6. The summed E-state index contributed by atoms with van der Waals surface area (Å²) in [5.41, 5.74) is 0.790. The van der Waals surface area contributed by atoms with Gasteiger partial charge in [0, 0.05) is 16.2 Å². The first-order valence-electron chi connectivity index (χ1n) is 6.67. The number of carbonyl (C=O) groups excluding carboxylic acids is 1. The van der Waals surface area contributed by atoms with Crippen LogP contribution in [0, 0.1) is 10.1 Å². The third-order valence-electron chi connectivity index (χ3n) is 3.28. The lowest BCUT2D eigenvalue weighted by Crippen LogP contribution is -2.15. The van der Waals surface area contributed by atoms with Gasteiger partial charge in [-0.3, -0.25) is 14.9 Å². The Morgan fingerprint density at radius 1 is 1.27 bits per heavy atom. The summed E-state index contributed by atoms with van der Waals surface area (Å²) in [5, 5.41) is 13.1. The minimum absolute atomic E-state index is 0.112. The highest BCUT2D eigenvalue weighted by molar-refractivity contribution is 7.20. The normalized spacial score (nSPS) is 12.4. The van der Waals surface area contributed by atoms with Crippen LogP contribution >= 0.6 is 22.7 Å². The zero-order valence-corrected chi connectivity index (χ0v) is 13.1. The van der Waals surface area contributed by atoms with Crippen molar-refractivity contribution in [2.45, 2.75) is 12.3 Å². The molecule has 1 atom stereocenters. The Balaban J connectivity index is 1.82. The van der Waals surface area contributed by atoms with Crippen molar-refractivity contribution in [3.8, 4) is 0 Å². The van der Waals surface area contributed by atoms with Crippen LogP contribution in [0.2, 0.25) is 0 Å². The highest BCUT2D eigenvalue weighted by Crippen LogP contribution is 2.28. The van der Waals surface area contributed by atoms with E-state index >= 15 is 0 Å². The molecule has 3 aromatic rings. The second kappa shape index (κ2) is 6.33. The fraction of sp³-hybridized carbons (Fsp3) is 0.200. The number of nitro groups is 1. The lowest BCUT2D eigenvalue weighted by molar-refractivity contribution is -0.483. The van der Waals surface area contributed by atoms with E-state index in [9.17, 15) is 14.9 Å². The first-order valence-corrected chi connectivity index (χ1v) is 8.37. The summed E-state index contributed by atoms with van der Waals surface area (Å²) in [7, 11) is 0. The summed E-state index contributed by atoms with van der Waals surface area (Å²) in [6.45, 7) is -0.239. The topological polar surface area (TPSA) is 73.1 Å². The van der Waals surface area contributed by atoms with Gasteiger partial charge in [0.05, 0.1) is 16.1 Å². The minimum atomic E-state index is -0.394. The van der Waals surface area contributed by atoms with E-state index in [1.54, 1.807) is 0 Å². The number of benzene rings is 1. The maximum atomic E-state index is 12.4. The van der Waals surface area contributed by atoms with Gasteiger partial charge in [-0.25, -0.2) is 4.98 Å². The Morgan fingerprint density at radius 2 is 2.09 bits per heavy atom. The maximum Gasteiger partial charge on any atom is 0.211 e. The smallest absolute Gasteiger partial charge is 0.211 e. The van der Waals surface area contributed by atoms with Gasteiger partial charge in [0.25, 0.3) is 0 Å². The fourth-order valence-electron chi connectivity index (χ4n) is 2.26. The van der Waals surface area contributed by atoms with Crippen molar-refractivity contribution in [3.05, 3.63) is 61.8 Å². The van der Waals surface area contributed by atoms with Crippen LogP contribution in [-0.4, -0.2) is 22.2 Å². The van der Waals surface area contributed by atoms with E-state index in [1.165, 1.54) is 22.7 Å². The average Bonchev–Trinajstić information content (AvgIpc) is 3.15. The lowest BCUT2D eigenvalue weighted by atomic mass is 10.0.